The fourth-order valence-corrected chi connectivity index (χ4v) is 1.62. The highest BCUT2D eigenvalue weighted by Crippen LogP contribution is 2.14. The lowest BCUT2D eigenvalue weighted by molar-refractivity contribution is 0.400. The highest BCUT2D eigenvalue weighted by molar-refractivity contribution is 5.69. The van der Waals surface area contributed by atoms with Crippen molar-refractivity contribution in [2.75, 3.05) is 7.11 Å². The van der Waals surface area contributed by atoms with Crippen LogP contribution < -0.4 is 10.4 Å². The molecule has 0 saturated carbocycles. The molecule has 0 aliphatic rings. The Hall–Kier alpha value is -2.29. The van der Waals surface area contributed by atoms with Crippen LogP contribution >= 0.6 is 0 Å². The average molecular weight is 242 g/mol. The molecular weight excluding hydrogens is 228 g/mol. The molecule has 0 unspecified atom stereocenters. The van der Waals surface area contributed by atoms with Gasteiger partial charge in [0.15, 0.2) is 0 Å². The van der Waals surface area contributed by atoms with Crippen LogP contribution in [0.1, 0.15) is 16.9 Å². The molecule has 0 fully saturated rings. The highest BCUT2D eigenvalue weighted by Gasteiger charge is 1.99. The Bertz CT molecular complexity index is 624. The molecule has 92 valence electrons. The van der Waals surface area contributed by atoms with E-state index >= 15 is 0 Å². The maximum absolute atomic E-state index is 11.3. The van der Waals surface area contributed by atoms with Gasteiger partial charge in [-0.2, -0.15) is 0 Å². The van der Waals surface area contributed by atoms with Gasteiger partial charge >= 0.3 is 5.63 Å². The normalized spacial score (nSPS) is 10.8. The van der Waals surface area contributed by atoms with E-state index in [0.29, 0.717) is 11.5 Å². The topological polar surface area (TPSA) is 39.4 Å². The first kappa shape index (κ1) is 12.2. The third-order valence-electron chi connectivity index (χ3n) is 2.61. The Labute approximate surface area is 105 Å². The summed E-state index contributed by atoms with van der Waals surface area (Å²) in [5.41, 5.74) is 1.83. The Morgan fingerprint density at radius 2 is 1.94 bits per heavy atom. The second kappa shape index (κ2) is 5.36. The molecule has 1 heterocycles. The zero-order chi connectivity index (χ0) is 13.0. The molecule has 0 aliphatic carbocycles. The minimum atomic E-state index is -0.418. The lowest BCUT2D eigenvalue weighted by atomic mass is 10.1. The summed E-state index contributed by atoms with van der Waals surface area (Å²) >= 11 is 0. The standard InChI is InChI=1S/C15H14O3/c1-11-5-3-4-6-12(11)7-8-13-9-14(17-2)10-15(16)18-13/h3-10H,1-2H3/b8-7+. The van der Waals surface area contributed by atoms with Crippen molar-refractivity contribution < 1.29 is 9.15 Å². The Morgan fingerprint density at radius 3 is 2.67 bits per heavy atom. The van der Waals surface area contributed by atoms with Crippen LogP contribution in [0.4, 0.5) is 0 Å². The monoisotopic (exact) mass is 242 g/mol. The highest BCUT2D eigenvalue weighted by atomic mass is 16.5. The van der Waals surface area contributed by atoms with Gasteiger partial charge in [0.2, 0.25) is 0 Å². The lowest BCUT2D eigenvalue weighted by Gasteiger charge is -2.00. The van der Waals surface area contributed by atoms with Crippen LogP contribution in [0.15, 0.2) is 45.6 Å². The van der Waals surface area contributed by atoms with E-state index in [1.165, 1.54) is 18.7 Å². The van der Waals surface area contributed by atoms with Crippen LogP contribution in [0, 0.1) is 6.92 Å². The predicted molar refractivity (Wildman–Crippen MR) is 71.6 cm³/mol. The first-order chi connectivity index (χ1) is 8.69. The Balaban J connectivity index is 2.32. The van der Waals surface area contributed by atoms with Gasteiger partial charge in [0.25, 0.3) is 0 Å². The molecule has 2 rings (SSSR count). The smallest absolute Gasteiger partial charge is 0.339 e. The summed E-state index contributed by atoms with van der Waals surface area (Å²) in [5.74, 6) is 0.971. The molecule has 1 aromatic heterocycles. The van der Waals surface area contributed by atoms with Crippen molar-refractivity contribution in [2.24, 2.45) is 0 Å². The van der Waals surface area contributed by atoms with Crippen LogP contribution in [-0.2, 0) is 0 Å². The van der Waals surface area contributed by atoms with E-state index in [2.05, 4.69) is 0 Å². The molecule has 0 atom stereocenters. The maximum Gasteiger partial charge on any atom is 0.339 e. The predicted octanol–water partition coefficient (Wildman–Crippen LogP) is 3.13. The molecule has 0 N–H and O–H groups in total. The lowest BCUT2D eigenvalue weighted by Crippen LogP contribution is -1.98. The average Bonchev–Trinajstić information content (AvgIpc) is 2.37. The molecule has 0 radical (unpaired) electrons. The van der Waals surface area contributed by atoms with E-state index in [0.717, 1.165) is 5.56 Å². The Kier molecular flexibility index (Phi) is 3.63. The number of benzene rings is 1. The number of hydrogen-bond acceptors (Lipinski definition) is 3. The quantitative estimate of drug-likeness (QED) is 0.830. The van der Waals surface area contributed by atoms with E-state index < -0.39 is 5.63 Å². The van der Waals surface area contributed by atoms with Crippen molar-refractivity contribution >= 4 is 12.2 Å². The molecule has 0 bridgehead atoms. The molecule has 0 spiro atoms. The van der Waals surface area contributed by atoms with Crippen LogP contribution in [0.2, 0.25) is 0 Å². The van der Waals surface area contributed by atoms with Gasteiger partial charge in [-0.25, -0.2) is 4.79 Å². The largest absolute Gasteiger partial charge is 0.496 e. The van der Waals surface area contributed by atoms with Crippen molar-refractivity contribution in [3.05, 3.63) is 63.7 Å². The number of aryl methyl sites for hydroxylation is 1. The molecule has 3 nitrogen and oxygen atoms in total. The number of rotatable bonds is 3. The number of ether oxygens (including phenoxy) is 1. The van der Waals surface area contributed by atoms with E-state index in [1.807, 2.05) is 37.3 Å². The van der Waals surface area contributed by atoms with E-state index in [1.54, 1.807) is 12.1 Å². The number of hydrogen-bond donors (Lipinski definition) is 0. The first-order valence-electron chi connectivity index (χ1n) is 5.62. The van der Waals surface area contributed by atoms with Crippen molar-refractivity contribution in [3.8, 4) is 5.75 Å². The second-order valence-electron chi connectivity index (χ2n) is 3.91. The number of methoxy groups -OCH3 is 1. The third-order valence-corrected chi connectivity index (χ3v) is 2.61. The van der Waals surface area contributed by atoms with Gasteiger partial charge in [-0.3, -0.25) is 0 Å². The van der Waals surface area contributed by atoms with Crippen LogP contribution in [0.25, 0.3) is 12.2 Å². The van der Waals surface area contributed by atoms with Gasteiger partial charge in [-0.05, 0) is 24.1 Å². The summed E-state index contributed by atoms with van der Waals surface area (Å²) in [7, 11) is 1.52. The summed E-state index contributed by atoms with van der Waals surface area (Å²) in [6.07, 6.45) is 3.67. The summed E-state index contributed by atoms with van der Waals surface area (Å²) in [6, 6.07) is 11.0. The van der Waals surface area contributed by atoms with Crippen molar-refractivity contribution in [3.63, 3.8) is 0 Å². The summed E-state index contributed by atoms with van der Waals surface area (Å²) in [6.45, 7) is 2.03. The molecule has 0 saturated heterocycles. The molecular formula is C15H14O3. The molecule has 0 aliphatic heterocycles. The fraction of sp³-hybridized carbons (Fsp3) is 0.133. The van der Waals surface area contributed by atoms with Gasteiger partial charge in [0.05, 0.1) is 13.2 Å². The van der Waals surface area contributed by atoms with Gasteiger partial charge in [-0.1, -0.05) is 30.3 Å². The summed E-state index contributed by atoms with van der Waals surface area (Å²) < 4.78 is 10.1. The second-order valence-corrected chi connectivity index (χ2v) is 3.91. The SMILES string of the molecule is COc1cc(/C=C/c2ccccc2C)oc(=O)c1. The van der Waals surface area contributed by atoms with Crippen LogP contribution in [0.5, 0.6) is 5.75 Å². The minimum absolute atomic E-state index is 0.418. The van der Waals surface area contributed by atoms with Gasteiger partial charge in [0, 0.05) is 6.07 Å². The molecule has 3 heteroatoms. The molecule has 1 aromatic carbocycles. The third kappa shape index (κ3) is 2.88. The van der Waals surface area contributed by atoms with Crippen molar-refractivity contribution in [1.29, 1.82) is 0 Å². The van der Waals surface area contributed by atoms with Gasteiger partial charge < -0.3 is 9.15 Å². The van der Waals surface area contributed by atoms with Crippen LogP contribution in [0.3, 0.4) is 0 Å². The van der Waals surface area contributed by atoms with Crippen molar-refractivity contribution in [1.82, 2.24) is 0 Å². The van der Waals surface area contributed by atoms with E-state index in [-0.39, 0.29) is 0 Å². The summed E-state index contributed by atoms with van der Waals surface area (Å²) in [5, 5.41) is 0. The van der Waals surface area contributed by atoms with Crippen LogP contribution in [-0.4, -0.2) is 7.11 Å². The van der Waals surface area contributed by atoms with Gasteiger partial charge in [0.1, 0.15) is 11.5 Å². The van der Waals surface area contributed by atoms with Crippen molar-refractivity contribution in [2.45, 2.75) is 6.92 Å². The zero-order valence-corrected chi connectivity index (χ0v) is 10.3. The Morgan fingerprint density at radius 1 is 1.17 bits per heavy atom. The summed E-state index contributed by atoms with van der Waals surface area (Å²) in [4.78, 5) is 11.3. The van der Waals surface area contributed by atoms with Gasteiger partial charge in [-0.15, -0.1) is 0 Å². The maximum atomic E-state index is 11.3. The van der Waals surface area contributed by atoms with E-state index in [9.17, 15) is 4.79 Å². The van der Waals surface area contributed by atoms with E-state index in [4.69, 9.17) is 9.15 Å². The molecule has 18 heavy (non-hydrogen) atoms. The molecule has 2 aromatic rings. The minimum Gasteiger partial charge on any atom is -0.496 e. The molecule has 0 amide bonds. The first-order valence-corrected chi connectivity index (χ1v) is 5.62. The fourth-order valence-electron chi connectivity index (χ4n) is 1.62. The zero-order valence-electron chi connectivity index (χ0n) is 10.3.